The van der Waals surface area contributed by atoms with E-state index in [1.165, 1.54) is 12.8 Å². The number of nitrogens with one attached hydrogen (secondary N) is 1. The summed E-state index contributed by atoms with van der Waals surface area (Å²) in [6, 6.07) is 0.494. The molecule has 2 rings (SSSR count). The highest BCUT2D eigenvalue weighted by atomic mass is 16.2. The van der Waals surface area contributed by atoms with Crippen molar-refractivity contribution in [1.29, 1.82) is 0 Å². The van der Waals surface area contributed by atoms with Crippen LogP contribution in [0.5, 0.6) is 0 Å². The minimum Gasteiger partial charge on any atom is -0.325 e. The normalized spacial score (nSPS) is 37.8. The highest BCUT2D eigenvalue weighted by Gasteiger charge is 2.46. The predicted molar refractivity (Wildman–Crippen MR) is 51.1 cm³/mol. The third kappa shape index (κ3) is 1.26. The molecule has 0 spiro atoms. The monoisotopic (exact) mass is 182 g/mol. The van der Waals surface area contributed by atoms with Crippen LogP contribution < -0.4 is 5.32 Å². The lowest BCUT2D eigenvalue weighted by Gasteiger charge is -2.49. The topological polar surface area (TPSA) is 32.3 Å². The molecule has 0 aromatic heterocycles. The van der Waals surface area contributed by atoms with Crippen molar-refractivity contribution in [1.82, 2.24) is 10.2 Å². The van der Waals surface area contributed by atoms with Crippen LogP contribution in [0.1, 0.15) is 33.6 Å². The van der Waals surface area contributed by atoms with E-state index >= 15 is 0 Å². The van der Waals surface area contributed by atoms with Gasteiger partial charge in [-0.1, -0.05) is 13.8 Å². The molecule has 2 atom stereocenters. The molecular formula is C10H18N2O. The van der Waals surface area contributed by atoms with E-state index in [0.29, 0.717) is 11.5 Å². The first-order chi connectivity index (χ1) is 6.02. The molecule has 2 aliphatic rings. The van der Waals surface area contributed by atoms with Crippen LogP contribution in [0.3, 0.4) is 0 Å². The zero-order valence-corrected chi connectivity index (χ0v) is 8.63. The van der Waals surface area contributed by atoms with Crippen molar-refractivity contribution in [2.24, 2.45) is 5.41 Å². The first kappa shape index (κ1) is 9.00. The molecule has 1 saturated heterocycles. The van der Waals surface area contributed by atoms with Gasteiger partial charge in [0.1, 0.15) is 0 Å². The van der Waals surface area contributed by atoms with Gasteiger partial charge in [-0.3, -0.25) is 10.1 Å². The van der Waals surface area contributed by atoms with E-state index in [4.69, 9.17) is 0 Å². The molecule has 1 amide bonds. The number of hydrogen-bond acceptors (Lipinski definition) is 2. The fourth-order valence-corrected chi connectivity index (χ4v) is 2.34. The van der Waals surface area contributed by atoms with Crippen molar-refractivity contribution < 1.29 is 4.79 Å². The molecule has 3 nitrogen and oxygen atoms in total. The summed E-state index contributed by atoms with van der Waals surface area (Å²) in [6.07, 6.45) is 2.42. The Hall–Kier alpha value is -0.570. The molecule has 1 aliphatic heterocycles. The maximum atomic E-state index is 11.7. The molecule has 0 radical (unpaired) electrons. The Morgan fingerprint density at radius 2 is 2.23 bits per heavy atom. The van der Waals surface area contributed by atoms with E-state index in [1.54, 1.807) is 0 Å². The summed E-state index contributed by atoms with van der Waals surface area (Å²) in [7, 11) is 0. The average Bonchev–Trinajstić information content (AvgIpc) is 2.35. The first-order valence-electron chi connectivity index (χ1n) is 5.06. The summed E-state index contributed by atoms with van der Waals surface area (Å²) in [5.74, 6) is 0.276. The van der Waals surface area contributed by atoms with Crippen molar-refractivity contribution >= 4 is 5.91 Å². The van der Waals surface area contributed by atoms with Crippen molar-refractivity contribution in [2.45, 2.75) is 45.7 Å². The SMILES string of the molecule is CC1NCN(C2CCC2(C)C)C1=O. The summed E-state index contributed by atoms with van der Waals surface area (Å²) >= 11 is 0. The molecule has 74 valence electrons. The molecule has 1 N–H and O–H groups in total. The zero-order chi connectivity index (χ0) is 9.64. The van der Waals surface area contributed by atoms with E-state index in [0.717, 1.165) is 6.67 Å². The first-order valence-corrected chi connectivity index (χ1v) is 5.06. The fourth-order valence-electron chi connectivity index (χ4n) is 2.34. The van der Waals surface area contributed by atoms with Crippen molar-refractivity contribution in [2.75, 3.05) is 6.67 Å². The highest BCUT2D eigenvalue weighted by Crippen LogP contribution is 2.43. The van der Waals surface area contributed by atoms with Gasteiger partial charge in [0.2, 0.25) is 5.91 Å². The Morgan fingerprint density at radius 3 is 2.54 bits per heavy atom. The minimum absolute atomic E-state index is 0.0244. The molecular weight excluding hydrogens is 164 g/mol. The smallest absolute Gasteiger partial charge is 0.240 e. The summed E-state index contributed by atoms with van der Waals surface area (Å²) in [5.41, 5.74) is 0.335. The van der Waals surface area contributed by atoms with Gasteiger partial charge in [0, 0.05) is 6.04 Å². The van der Waals surface area contributed by atoms with Gasteiger partial charge in [0.05, 0.1) is 12.7 Å². The van der Waals surface area contributed by atoms with Crippen molar-refractivity contribution in [3.8, 4) is 0 Å². The van der Waals surface area contributed by atoms with Crippen LogP contribution in [0.25, 0.3) is 0 Å². The summed E-state index contributed by atoms with van der Waals surface area (Å²) in [5, 5.41) is 3.18. The maximum absolute atomic E-state index is 11.7. The molecule has 1 saturated carbocycles. The maximum Gasteiger partial charge on any atom is 0.240 e. The van der Waals surface area contributed by atoms with E-state index < -0.39 is 0 Å². The lowest BCUT2D eigenvalue weighted by molar-refractivity contribution is -0.136. The van der Waals surface area contributed by atoms with E-state index in [1.807, 2.05) is 11.8 Å². The second-order valence-electron chi connectivity index (χ2n) is 4.94. The molecule has 1 heterocycles. The molecule has 2 fully saturated rings. The zero-order valence-electron chi connectivity index (χ0n) is 8.63. The second kappa shape index (κ2) is 2.71. The van der Waals surface area contributed by atoms with Crippen LogP contribution in [0, 0.1) is 5.41 Å². The van der Waals surface area contributed by atoms with E-state index in [9.17, 15) is 4.79 Å². The molecule has 1 aliphatic carbocycles. The molecule has 0 aromatic rings. The van der Waals surface area contributed by atoms with Gasteiger partial charge in [-0.15, -0.1) is 0 Å². The van der Waals surface area contributed by atoms with Crippen LogP contribution in [-0.4, -0.2) is 29.6 Å². The Labute approximate surface area is 79.5 Å². The Morgan fingerprint density at radius 1 is 1.54 bits per heavy atom. The Bertz CT molecular complexity index is 237. The number of nitrogens with zero attached hydrogens (tertiary/aromatic N) is 1. The van der Waals surface area contributed by atoms with Crippen LogP contribution in [-0.2, 0) is 4.79 Å². The van der Waals surface area contributed by atoms with Crippen LogP contribution in [0.15, 0.2) is 0 Å². The number of rotatable bonds is 1. The van der Waals surface area contributed by atoms with Gasteiger partial charge >= 0.3 is 0 Å². The van der Waals surface area contributed by atoms with Gasteiger partial charge in [-0.2, -0.15) is 0 Å². The standard InChI is InChI=1S/C10H18N2O/c1-7-9(13)12(6-11-7)8-4-5-10(8,2)3/h7-8,11H,4-6H2,1-3H3. The van der Waals surface area contributed by atoms with E-state index in [2.05, 4.69) is 19.2 Å². The lowest BCUT2D eigenvalue weighted by atomic mass is 9.66. The Kier molecular flexibility index (Phi) is 1.88. The predicted octanol–water partition coefficient (Wildman–Crippen LogP) is 0.953. The Balaban J connectivity index is 2.06. The quantitative estimate of drug-likeness (QED) is 0.655. The molecule has 3 heteroatoms. The van der Waals surface area contributed by atoms with E-state index in [-0.39, 0.29) is 11.9 Å². The van der Waals surface area contributed by atoms with Crippen LogP contribution in [0.4, 0.5) is 0 Å². The molecule has 2 unspecified atom stereocenters. The molecule has 0 bridgehead atoms. The third-order valence-corrected chi connectivity index (χ3v) is 3.56. The van der Waals surface area contributed by atoms with Gasteiger partial charge < -0.3 is 4.90 Å². The molecule has 0 aromatic carbocycles. The third-order valence-electron chi connectivity index (χ3n) is 3.56. The molecule has 13 heavy (non-hydrogen) atoms. The highest BCUT2D eigenvalue weighted by molar-refractivity contribution is 5.83. The van der Waals surface area contributed by atoms with Crippen molar-refractivity contribution in [3.63, 3.8) is 0 Å². The number of hydrogen-bond donors (Lipinski definition) is 1. The average molecular weight is 182 g/mol. The fraction of sp³-hybridized carbons (Fsp3) is 0.900. The van der Waals surface area contributed by atoms with Crippen LogP contribution in [0.2, 0.25) is 0 Å². The summed E-state index contributed by atoms with van der Waals surface area (Å²) in [4.78, 5) is 13.7. The summed E-state index contributed by atoms with van der Waals surface area (Å²) in [6.45, 7) is 7.18. The van der Waals surface area contributed by atoms with Crippen LogP contribution >= 0.6 is 0 Å². The minimum atomic E-state index is 0.0244. The lowest BCUT2D eigenvalue weighted by Crippen LogP contribution is -2.53. The number of amides is 1. The largest absolute Gasteiger partial charge is 0.325 e. The van der Waals surface area contributed by atoms with Gasteiger partial charge in [-0.25, -0.2) is 0 Å². The van der Waals surface area contributed by atoms with Gasteiger partial charge in [0.15, 0.2) is 0 Å². The number of carbonyl (C=O) groups is 1. The summed E-state index contributed by atoms with van der Waals surface area (Å²) < 4.78 is 0. The number of carbonyl (C=O) groups excluding carboxylic acids is 1. The van der Waals surface area contributed by atoms with Gasteiger partial charge in [0.25, 0.3) is 0 Å². The van der Waals surface area contributed by atoms with Gasteiger partial charge in [-0.05, 0) is 25.2 Å². The van der Waals surface area contributed by atoms with Crippen molar-refractivity contribution in [3.05, 3.63) is 0 Å². The second-order valence-corrected chi connectivity index (χ2v) is 4.94.